The monoisotopic (exact) mass is 406 g/mol. The molecule has 2 heterocycles. The number of fused-ring (bicyclic) bond motifs is 1. The van der Waals surface area contributed by atoms with E-state index in [1.54, 1.807) is 35.3 Å². The van der Waals surface area contributed by atoms with Gasteiger partial charge in [0.25, 0.3) is 5.91 Å². The summed E-state index contributed by atoms with van der Waals surface area (Å²) in [5.41, 5.74) is 2.55. The number of carbonyl (C=O) groups excluding carboxylic acids is 1. The molecule has 0 aliphatic rings. The Morgan fingerprint density at radius 3 is 2.52 bits per heavy atom. The largest absolute Gasteiger partial charge is 0.411 e. The molecule has 0 radical (unpaired) electrons. The number of nitrogens with zero attached hydrogens (tertiary/aromatic N) is 3. The van der Waals surface area contributed by atoms with E-state index < -0.39 is 12.8 Å². The van der Waals surface area contributed by atoms with Gasteiger partial charge in [-0.25, -0.2) is 0 Å². The smallest absolute Gasteiger partial charge is 0.367 e. The minimum atomic E-state index is -4.33. The van der Waals surface area contributed by atoms with Gasteiger partial charge in [0, 0.05) is 18.4 Å². The first kappa shape index (κ1) is 20.8. The Balaban J connectivity index is 1.69. The van der Waals surface area contributed by atoms with Gasteiger partial charge in [-0.2, -0.15) is 18.3 Å². The highest BCUT2D eigenvalue weighted by atomic mass is 19.4. The molecule has 1 N–H and O–H groups in total. The first-order valence-corrected chi connectivity index (χ1v) is 9.06. The van der Waals surface area contributed by atoms with Crippen molar-refractivity contribution in [2.24, 2.45) is 0 Å². The van der Waals surface area contributed by atoms with Crippen LogP contribution in [0, 0.1) is 0 Å². The lowest BCUT2D eigenvalue weighted by atomic mass is 10.1. The maximum absolute atomic E-state index is 12.3. The second-order valence-electron chi connectivity index (χ2n) is 6.97. The Labute approximate surface area is 165 Å². The van der Waals surface area contributed by atoms with Crippen molar-refractivity contribution in [3.63, 3.8) is 0 Å². The quantitative estimate of drug-likeness (QED) is 0.650. The van der Waals surface area contributed by atoms with Gasteiger partial charge in [0.05, 0.1) is 24.1 Å². The van der Waals surface area contributed by atoms with Crippen molar-refractivity contribution in [1.82, 2.24) is 20.1 Å². The molecule has 0 bridgehead atoms. The van der Waals surface area contributed by atoms with Crippen LogP contribution < -0.4 is 5.32 Å². The molecule has 9 heteroatoms. The topological polar surface area (TPSA) is 69.0 Å². The van der Waals surface area contributed by atoms with Crippen molar-refractivity contribution < 1.29 is 22.7 Å². The van der Waals surface area contributed by atoms with Crippen molar-refractivity contribution in [2.45, 2.75) is 39.2 Å². The van der Waals surface area contributed by atoms with E-state index in [9.17, 15) is 18.0 Å². The van der Waals surface area contributed by atoms with Crippen LogP contribution in [0.3, 0.4) is 0 Å². The SMILES string of the molecule is CC(C)NC(=O)c1nccc2nn(Cc3ccc(COCC(F)(F)F)cc3)cc12. The number of rotatable bonds is 7. The van der Waals surface area contributed by atoms with E-state index in [0.717, 1.165) is 5.56 Å². The third-order valence-electron chi connectivity index (χ3n) is 4.02. The second-order valence-corrected chi connectivity index (χ2v) is 6.97. The summed E-state index contributed by atoms with van der Waals surface area (Å²) in [4.78, 5) is 16.5. The highest BCUT2D eigenvalue weighted by Gasteiger charge is 2.27. The van der Waals surface area contributed by atoms with Gasteiger partial charge < -0.3 is 10.1 Å². The zero-order valence-corrected chi connectivity index (χ0v) is 16.0. The molecular formula is C20H21F3N4O2. The third-order valence-corrected chi connectivity index (χ3v) is 4.02. The van der Waals surface area contributed by atoms with Crippen molar-refractivity contribution in [1.29, 1.82) is 0 Å². The van der Waals surface area contributed by atoms with Gasteiger partial charge >= 0.3 is 6.18 Å². The van der Waals surface area contributed by atoms with Gasteiger partial charge in [-0.05, 0) is 31.0 Å². The van der Waals surface area contributed by atoms with Crippen molar-refractivity contribution in [3.05, 3.63) is 59.5 Å². The summed E-state index contributed by atoms with van der Waals surface area (Å²) in [7, 11) is 0. The lowest BCUT2D eigenvalue weighted by Crippen LogP contribution is -2.30. The number of hydrogen-bond donors (Lipinski definition) is 1. The average Bonchev–Trinajstić information content (AvgIpc) is 3.03. The Morgan fingerprint density at radius 1 is 1.17 bits per heavy atom. The van der Waals surface area contributed by atoms with Crippen LogP contribution in [0.25, 0.3) is 10.9 Å². The lowest BCUT2D eigenvalue weighted by Gasteiger charge is -2.08. The summed E-state index contributed by atoms with van der Waals surface area (Å²) in [5.74, 6) is -0.256. The summed E-state index contributed by atoms with van der Waals surface area (Å²) >= 11 is 0. The predicted octanol–water partition coefficient (Wildman–Crippen LogP) is 3.70. The zero-order chi connectivity index (χ0) is 21.0. The average molecular weight is 406 g/mol. The van der Waals surface area contributed by atoms with Gasteiger partial charge in [0.1, 0.15) is 12.3 Å². The fourth-order valence-corrected chi connectivity index (χ4v) is 2.80. The first-order chi connectivity index (χ1) is 13.7. The Bertz CT molecular complexity index is 982. The Kier molecular flexibility index (Phi) is 6.17. The molecule has 0 aliphatic carbocycles. The molecule has 1 amide bonds. The van der Waals surface area contributed by atoms with Crippen LogP contribution in [0.15, 0.2) is 42.7 Å². The normalized spacial score (nSPS) is 11.9. The Morgan fingerprint density at radius 2 is 1.86 bits per heavy atom. The van der Waals surface area contributed by atoms with E-state index in [2.05, 4.69) is 20.1 Å². The highest BCUT2D eigenvalue weighted by Crippen LogP contribution is 2.18. The van der Waals surface area contributed by atoms with Crippen molar-refractivity contribution >= 4 is 16.8 Å². The number of benzene rings is 1. The van der Waals surface area contributed by atoms with Crippen LogP contribution in [-0.4, -0.2) is 39.5 Å². The van der Waals surface area contributed by atoms with Gasteiger partial charge in [0.2, 0.25) is 0 Å². The standard InChI is InChI=1S/C20H21F3N4O2/c1-13(2)25-19(28)18-16-10-27(26-17(16)7-8-24-18)9-14-3-5-15(6-4-14)11-29-12-20(21,22)23/h3-8,10,13H,9,11-12H2,1-2H3,(H,25,28). The molecule has 0 fully saturated rings. The van der Waals surface area contributed by atoms with Crippen molar-refractivity contribution in [3.8, 4) is 0 Å². The summed E-state index contributed by atoms with van der Waals surface area (Å²) in [6.45, 7) is 2.82. The molecule has 154 valence electrons. The van der Waals surface area contributed by atoms with E-state index in [1.165, 1.54) is 0 Å². The van der Waals surface area contributed by atoms with Crippen LogP contribution in [0.1, 0.15) is 35.5 Å². The summed E-state index contributed by atoms with van der Waals surface area (Å²) in [6, 6.07) is 8.79. The number of aromatic nitrogens is 3. The summed E-state index contributed by atoms with van der Waals surface area (Å²) in [5, 5.41) is 7.95. The van der Waals surface area contributed by atoms with Gasteiger partial charge in [0.15, 0.2) is 0 Å². The van der Waals surface area contributed by atoms with Crippen LogP contribution in [0.4, 0.5) is 13.2 Å². The van der Waals surface area contributed by atoms with E-state index >= 15 is 0 Å². The van der Waals surface area contributed by atoms with Gasteiger partial charge in [-0.3, -0.25) is 14.5 Å². The number of ether oxygens (including phenoxy) is 1. The number of nitrogens with one attached hydrogen (secondary N) is 1. The molecule has 3 rings (SSSR count). The molecule has 0 spiro atoms. The van der Waals surface area contributed by atoms with Crippen LogP contribution in [0.2, 0.25) is 0 Å². The fraction of sp³-hybridized carbons (Fsp3) is 0.350. The third kappa shape index (κ3) is 5.77. The highest BCUT2D eigenvalue weighted by molar-refractivity contribution is 6.04. The van der Waals surface area contributed by atoms with E-state index in [0.29, 0.717) is 28.7 Å². The predicted molar refractivity (Wildman–Crippen MR) is 101 cm³/mol. The molecule has 2 aromatic heterocycles. The fourth-order valence-electron chi connectivity index (χ4n) is 2.80. The molecule has 1 aromatic carbocycles. The van der Waals surface area contributed by atoms with Crippen LogP contribution in [-0.2, 0) is 17.9 Å². The molecule has 3 aromatic rings. The van der Waals surface area contributed by atoms with E-state index in [1.807, 2.05) is 26.0 Å². The minimum Gasteiger partial charge on any atom is -0.367 e. The van der Waals surface area contributed by atoms with Crippen LogP contribution >= 0.6 is 0 Å². The van der Waals surface area contributed by atoms with E-state index in [4.69, 9.17) is 0 Å². The number of alkyl halides is 3. The van der Waals surface area contributed by atoms with E-state index in [-0.39, 0.29) is 18.6 Å². The van der Waals surface area contributed by atoms with Gasteiger partial charge in [-0.15, -0.1) is 0 Å². The summed E-state index contributed by atoms with van der Waals surface area (Å²) < 4.78 is 42.7. The molecule has 29 heavy (non-hydrogen) atoms. The maximum atomic E-state index is 12.3. The van der Waals surface area contributed by atoms with Crippen LogP contribution in [0.5, 0.6) is 0 Å². The number of hydrogen-bond acceptors (Lipinski definition) is 4. The molecule has 0 atom stereocenters. The second kappa shape index (κ2) is 8.60. The molecule has 0 unspecified atom stereocenters. The number of pyridine rings is 1. The summed E-state index contributed by atoms with van der Waals surface area (Å²) in [6.07, 6.45) is -1.02. The molecule has 0 aliphatic heterocycles. The molecule has 6 nitrogen and oxygen atoms in total. The molecule has 0 saturated heterocycles. The number of halogens is 3. The number of amides is 1. The number of carbonyl (C=O) groups is 1. The lowest BCUT2D eigenvalue weighted by molar-refractivity contribution is -0.176. The van der Waals surface area contributed by atoms with Crippen molar-refractivity contribution in [2.75, 3.05) is 6.61 Å². The van der Waals surface area contributed by atoms with Gasteiger partial charge in [-0.1, -0.05) is 24.3 Å². The molecular weight excluding hydrogens is 385 g/mol. The molecule has 0 saturated carbocycles. The zero-order valence-electron chi connectivity index (χ0n) is 16.0. The first-order valence-electron chi connectivity index (χ1n) is 9.06. The minimum absolute atomic E-state index is 0.00627. The maximum Gasteiger partial charge on any atom is 0.411 e. The Hall–Kier alpha value is -2.94.